The zero-order valence-electron chi connectivity index (χ0n) is 10.1. The lowest BCUT2D eigenvalue weighted by molar-refractivity contribution is 0.952. The van der Waals surface area contributed by atoms with E-state index in [4.69, 9.17) is 5.73 Å². The highest BCUT2D eigenvalue weighted by Crippen LogP contribution is 2.39. The molecule has 0 radical (unpaired) electrons. The first kappa shape index (κ1) is 10.3. The number of benzene rings is 1. The van der Waals surface area contributed by atoms with Gasteiger partial charge >= 0.3 is 0 Å². The molecule has 0 aliphatic heterocycles. The molecular weight excluding hydrogens is 212 g/mol. The van der Waals surface area contributed by atoms with Crippen LogP contribution in [0.2, 0.25) is 0 Å². The number of aromatic nitrogens is 2. The van der Waals surface area contributed by atoms with Crippen LogP contribution in [0, 0.1) is 0 Å². The standard InChI is InChI=1S/C13H16N4/c1-17(2)9-5-6-11-10(7-9)12(14)16-13(15-11)8-3-4-8/h5-8H,3-4H2,1-2H3,(H2,14,15,16). The van der Waals surface area contributed by atoms with Gasteiger partial charge in [-0.15, -0.1) is 0 Å². The maximum absolute atomic E-state index is 6.02. The Kier molecular flexibility index (Phi) is 2.18. The Morgan fingerprint density at radius 1 is 1.24 bits per heavy atom. The van der Waals surface area contributed by atoms with E-state index in [0.717, 1.165) is 22.4 Å². The second-order valence-electron chi connectivity index (χ2n) is 4.84. The lowest BCUT2D eigenvalue weighted by atomic mass is 10.2. The Labute approximate surface area is 100 Å². The molecule has 1 aromatic heterocycles. The van der Waals surface area contributed by atoms with E-state index in [0.29, 0.717) is 11.7 Å². The fourth-order valence-corrected chi connectivity index (χ4v) is 1.96. The molecule has 0 saturated heterocycles. The molecule has 0 bridgehead atoms. The van der Waals surface area contributed by atoms with Crippen LogP contribution in [-0.4, -0.2) is 24.1 Å². The summed E-state index contributed by atoms with van der Waals surface area (Å²) in [6.45, 7) is 0. The van der Waals surface area contributed by atoms with E-state index >= 15 is 0 Å². The summed E-state index contributed by atoms with van der Waals surface area (Å²) in [7, 11) is 4.02. The Morgan fingerprint density at radius 3 is 2.65 bits per heavy atom. The van der Waals surface area contributed by atoms with E-state index in [-0.39, 0.29) is 0 Å². The molecule has 4 nitrogen and oxygen atoms in total. The molecule has 0 unspecified atom stereocenters. The third-order valence-corrected chi connectivity index (χ3v) is 3.18. The van der Waals surface area contributed by atoms with Crippen molar-refractivity contribution < 1.29 is 0 Å². The van der Waals surface area contributed by atoms with Crippen molar-refractivity contribution in [3.05, 3.63) is 24.0 Å². The number of nitrogens with two attached hydrogens (primary N) is 1. The molecule has 88 valence electrons. The summed E-state index contributed by atoms with van der Waals surface area (Å²) in [5.41, 5.74) is 8.09. The molecule has 1 saturated carbocycles. The maximum atomic E-state index is 6.02. The molecule has 3 rings (SSSR count). The van der Waals surface area contributed by atoms with Crippen molar-refractivity contribution in [1.29, 1.82) is 0 Å². The third-order valence-electron chi connectivity index (χ3n) is 3.18. The fourth-order valence-electron chi connectivity index (χ4n) is 1.96. The van der Waals surface area contributed by atoms with Crippen molar-refractivity contribution in [1.82, 2.24) is 9.97 Å². The predicted molar refractivity (Wildman–Crippen MR) is 70.3 cm³/mol. The van der Waals surface area contributed by atoms with Crippen LogP contribution < -0.4 is 10.6 Å². The van der Waals surface area contributed by atoms with Crippen LogP contribution in [0.4, 0.5) is 11.5 Å². The van der Waals surface area contributed by atoms with Gasteiger partial charge in [-0.05, 0) is 31.0 Å². The smallest absolute Gasteiger partial charge is 0.135 e. The van der Waals surface area contributed by atoms with Gasteiger partial charge in [0.05, 0.1) is 5.52 Å². The van der Waals surface area contributed by atoms with Gasteiger partial charge in [-0.1, -0.05) is 0 Å². The number of rotatable bonds is 2. The lowest BCUT2D eigenvalue weighted by Gasteiger charge is -2.13. The van der Waals surface area contributed by atoms with Crippen LogP contribution in [0.5, 0.6) is 0 Å². The van der Waals surface area contributed by atoms with Crippen molar-refractivity contribution in [2.75, 3.05) is 24.7 Å². The minimum Gasteiger partial charge on any atom is -0.383 e. The van der Waals surface area contributed by atoms with Crippen molar-refractivity contribution in [2.45, 2.75) is 18.8 Å². The normalized spacial score (nSPS) is 15.2. The maximum Gasteiger partial charge on any atom is 0.135 e. The summed E-state index contributed by atoms with van der Waals surface area (Å²) in [4.78, 5) is 11.1. The van der Waals surface area contributed by atoms with Crippen molar-refractivity contribution in [2.24, 2.45) is 0 Å². The predicted octanol–water partition coefficient (Wildman–Crippen LogP) is 2.16. The van der Waals surface area contributed by atoms with Crippen molar-refractivity contribution >= 4 is 22.4 Å². The highest BCUT2D eigenvalue weighted by molar-refractivity contribution is 5.90. The average molecular weight is 228 g/mol. The molecule has 2 aromatic rings. The number of fused-ring (bicyclic) bond motifs is 1. The summed E-state index contributed by atoms with van der Waals surface area (Å²) in [5.74, 6) is 2.04. The quantitative estimate of drug-likeness (QED) is 0.855. The fraction of sp³-hybridized carbons (Fsp3) is 0.385. The van der Waals surface area contributed by atoms with Crippen molar-refractivity contribution in [3.63, 3.8) is 0 Å². The van der Waals surface area contributed by atoms with Crippen LogP contribution in [0.3, 0.4) is 0 Å². The summed E-state index contributed by atoms with van der Waals surface area (Å²) in [6.07, 6.45) is 2.39. The molecule has 1 aliphatic rings. The minimum absolute atomic E-state index is 0.537. The van der Waals surface area contributed by atoms with Gasteiger partial charge in [-0.25, -0.2) is 9.97 Å². The number of nitrogens with zero attached hydrogens (tertiary/aromatic N) is 3. The first-order valence-electron chi connectivity index (χ1n) is 5.89. The Balaban J connectivity index is 2.17. The summed E-state index contributed by atoms with van der Waals surface area (Å²) in [6, 6.07) is 6.13. The second-order valence-corrected chi connectivity index (χ2v) is 4.84. The number of nitrogen functional groups attached to an aromatic ring is 1. The molecule has 4 heteroatoms. The third kappa shape index (κ3) is 1.79. The average Bonchev–Trinajstić information content (AvgIpc) is 3.12. The topological polar surface area (TPSA) is 55.0 Å². The van der Waals surface area contributed by atoms with E-state index in [1.54, 1.807) is 0 Å². The molecule has 0 amide bonds. The second kappa shape index (κ2) is 3.58. The van der Waals surface area contributed by atoms with Gasteiger partial charge in [-0.3, -0.25) is 0 Å². The molecule has 17 heavy (non-hydrogen) atoms. The van der Waals surface area contributed by atoms with Crippen LogP contribution >= 0.6 is 0 Å². The van der Waals surface area contributed by atoms with E-state index < -0.39 is 0 Å². The SMILES string of the molecule is CN(C)c1ccc2nc(C3CC3)nc(N)c2c1. The largest absolute Gasteiger partial charge is 0.383 e. The van der Waals surface area contributed by atoms with Gasteiger partial charge in [0, 0.05) is 31.1 Å². The van der Waals surface area contributed by atoms with E-state index in [1.165, 1.54) is 12.8 Å². The number of anilines is 2. The van der Waals surface area contributed by atoms with Gasteiger partial charge in [-0.2, -0.15) is 0 Å². The molecule has 1 heterocycles. The monoisotopic (exact) mass is 228 g/mol. The molecule has 2 N–H and O–H groups in total. The molecule has 1 fully saturated rings. The molecule has 0 atom stereocenters. The van der Waals surface area contributed by atoms with E-state index in [9.17, 15) is 0 Å². The first-order valence-corrected chi connectivity index (χ1v) is 5.89. The van der Waals surface area contributed by atoms with Gasteiger partial charge < -0.3 is 10.6 Å². The van der Waals surface area contributed by atoms with Crippen LogP contribution in [0.25, 0.3) is 10.9 Å². The van der Waals surface area contributed by atoms with Crippen LogP contribution in [0.1, 0.15) is 24.6 Å². The molecule has 1 aliphatic carbocycles. The zero-order chi connectivity index (χ0) is 12.0. The highest BCUT2D eigenvalue weighted by atomic mass is 15.1. The Morgan fingerprint density at radius 2 is 2.00 bits per heavy atom. The van der Waals surface area contributed by atoms with E-state index in [1.807, 2.05) is 31.1 Å². The Hall–Kier alpha value is -1.84. The summed E-state index contributed by atoms with van der Waals surface area (Å²) < 4.78 is 0. The van der Waals surface area contributed by atoms with Crippen LogP contribution in [0.15, 0.2) is 18.2 Å². The molecule has 0 spiro atoms. The van der Waals surface area contributed by atoms with Gasteiger partial charge in [0.1, 0.15) is 11.6 Å². The first-order chi connectivity index (χ1) is 8.15. The van der Waals surface area contributed by atoms with Gasteiger partial charge in [0.25, 0.3) is 0 Å². The van der Waals surface area contributed by atoms with Crippen molar-refractivity contribution in [3.8, 4) is 0 Å². The summed E-state index contributed by atoms with van der Waals surface area (Å²) in [5, 5.41) is 0.945. The van der Waals surface area contributed by atoms with Gasteiger partial charge in [0.2, 0.25) is 0 Å². The summed E-state index contributed by atoms with van der Waals surface area (Å²) >= 11 is 0. The van der Waals surface area contributed by atoms with E-state index in [2.05, 4.69) is 16.0 Å². The molecular formula is C13H16N4. The minimum atomic E-state index is 0.537. The zero-order valence-corrected chi connectivity index (χ0v) is 10.1. The molecule has 1 aromatic carbocycles. The Bertz CT molecular complexity index is 573. The highest BCUT2D eigenvalue weighted by Gasteiger charge is 2.27. The van der Waals surface area contributed by atoms with Gasteiger partial charge in [0.15, 0.2) is 0 Å². The number of hydrogen-bond donors (Lipinski definition) is 1. The number of hydrogen-bond acceptors (Lipinski definition) is 4. The lowest BCUT2D eigenvalue weighted by Crippen LogP contribution is -2.09. The van der Waals surface area contributed by atoms with Crippen LogP contribution in [-0.2, 0) is 0 Å².